The molecule has 2 heterocycles. The van der Waals surface area contributed by atoms with Crippen molar-refractivity contribution in [1.29, 1.82) is 0 Å². The number of aromatic nitrogens is 2. The lowest BCUT2D eigenvalue weighted by atomic mass is 10.3. The van der Waals surface area contributed by atoms with Gasteiger partial charge in [-0.3, -0.25) is 0 Å². The largest absolute Gasteiger partial charge is 0.490 e. The van der Waals surface area contributed by atoms with E-state index in [4.69, 9.17) is 15.2 Å². The van der Waals surface area contributed by atoms with Gasteiger partial charge in [0.1, 0.15) is 4.83 Å². The molecule has 3 aromatic rings. The minimum atomic E-state index is 0.198. The van der Waals surface area contributed by atoms with Gasteiger partial charge < -0.3 is 15.2 Å². The minimum absolute atomic E-state index is 0.198. The molecule has 0 amide bonds. The van der Waals surface area contributed by atoms with Crippen LogP contribution in [0.15, 0.2) is 35.7 Å². The maximum Gasteiger partial charge on any atom is 0.233 e. The number of hydrogen-bond acceptors (Lipinski definition) is 6. The van der Waals surface area contributed by atoms with E-state index in [0.717, 1.165) is 10.2 Å². The van der Waals surface area contributed by atoms with Gasteiger partial charge in [-0.05, 0) is 30.5 Å². The standard InChI is InChI=1S/C14H13N3O2S/c1-2-18-10-5-3-4-6-11(10)19-12-9-7-8-20-13(9)17-14(15)16-12/h3-8H,2H2,1H3,(H2,15,16,17). The zero-order chi connectivity index (χ0) is 13.9. The predicted octanol–water partition coefficient (Wildman–Crippen LogP) is 3.46. The topological polar surface area (TPSA) is 70.3 Å². The van der Waals surface area contributed by atoms with Crippen molar-refractivity contribution in [2.24, 2.45) is 0 Å². The average Bonchev–Trinajstić information content (AvgIpc) is 2.89. The molecule has 6 heteroatoms. The van der Waals surface area contributed by atoms with Crippen molar-refractivity contribution in [2.45, 2.75) is 6.92 Å². The van der Waals surface area contributed by atoms with E-state index in [1.54, 1.807) is 0 Å². The van der Waals surface area contributed by atoms with Crippen molar-refractivity contribution in [3.05, 3.63) is 35.7 Å². The Labute approximate surface area is 120 Å². The third kappa shape index (κ3) is 2.37. The minimum Gasteiger partial charge on any atom is -0.490 e. The van der Waals surface area contributed by atoms with E-state index in [9.17, 15) is 0 Å². The molecule has 0 saturated heterocycles. The quantitative estimate of drug-likeness (QED) is 0.795. The summed E-state index contributed by atoms with van der Waals surface area (Å²) in [5.74, 6) is 1.93. The lowest BCUT2D eigenvalue weighted by Crippen LogP contribution is -1.99. The van der Waals surface area contributed by atoms with Gasteiger partial charge >= 0.3 is 0 Å². The number of nitrogens with two attached hydrogens (primary N) is 1. The second-order valence-corrected chi connectivity index (χ2v) is 4.90. The van der Waals surface area contributed by atoms with Gasteiger partial charge in [-0.2, -0.15) is 4.98 Å². The summed E-state index contributed by atoms with van der Waals surface area (Å²) >= 11 is 1.50. The molecule has 2 N–H and O–H groups in total. The summed E-state index contributed by atoms with van der Waals surface area (Å²) in [6.45, 7) is 2.50. The molecule has 0 fully saturated rings. The van der Waals surface area contributed by atoms with Crippen molar-refractivity contribution in [3.8, 4) is 17.4 Å². The molecule has 2 aromatic heterocycles. The third-order valence-electron chi connectivity index (χ3n) is 2.66. The Morgan fingerprint density at radius 2 is 1.95 bits per heavy atom. The highest BCUT2D eigenvalue weighted by Crippen LogP contribution is 2.35. The molecule has 0 unspecified atom stereocenters. The molecule has 102 valence electrons. The molecule has 0 aliphatic heterocycles. The lowest BCUT2D eigenvalue weighted by Gasteiger charge is -2.11. The molecule has 3 rings (SSSR count). The molecule has 20 heavy (non-hydrogen) atoms. The van der Waals surface area contributed by atoms with Gasteiger partial charge in [0.15, 0.2) is 11.5 Å². The van der Waals surface area contributed by atoms with Crippen molar-refractivity contribution < 1.29 is 9.47 Å². The molecule has 0 saturated carbocycles. The van der Waals surface area contributed by atoms with Crippen molar-refractivity contribution in [2.75, 3.05) is 12.3 Å². The molecule has 0 atom stereocenters. The summed E-state index contributed by atoms with van der Waals surface area (Å²) in [4.78, 5) is 9.14. The molecule has 0 aliphatic rings. The SMILES string of the molecule is CCOc1ccccc1Oc1nc(N)nc2sccc12. The summed E-state index contributed by atoms with van der Waals surface area (Å²) in [7, 11) is 0. The van der Waals surface area contributed by atoms with E-state index in [1.165, 1.54) is 11.3 Å². The number of para-hydroxylation sites is 2. The highest BCUT2D eigenvalue weighted by Gasteiger charge is 2.12. The van der Waals surface area contributed by atoms with Crippen LogP contribution in [0, 0.1) is 0 Å². The van der Waals surface area contributed by atoms with Crippen LogP contribution in [0.3, 0.4) is 0 Å². The normalized spacial score (nSPS) is 10.7. The van der Waals surface area contributed by atoms with Gasteiger partial charge in [0.05, 0.1) is 12.0 Å². The maximum atomic E-state index is 5.87. The number of ether oxygens (including phenoxy) is 2. The number of nitrogen functional groups attached to an aromatic ring is 1. The van der Waals surface area contributed by atoms with E-state index in [0.29, 0.717) is 24.0 Å². The fraction of sp³-hybridized carbons (Fsp3) is 0.143. The van der Waals surface area contributed by atoms with Gasteiger partial charge in [-0.1, -0.05) is 12.1 Å². The highest BCUT2D eigenvalue weighted by molar-refractivity contribution is 7.16. The Hall–Kier alpha value is -2.34. The maximum absolute atomic E-state index is 5.87. The Morgan fingerprint density at radius 3 is 2.75 bits per heavy atom. The molecule has 0 aliphatic carbocycles. The molecular formula is C14H13N3O2S. The van der Waals surface area contributed by atoms with Crippen LogP contribution in [0.25, 0.3) is 10.2 Å². The predicted molar refractivity (Wildman–Crippen MR) is 79.5 cm³/mol. The monoisotopic (exact) mass is 287 g/mol. The van der Waals surface area contributed by atoms with Crippen LogP contribution in [0.4, 0.5) is 5.95 Å². The van der Waals surface area contributed by atoms with Gasteiger partial charge in [-0.25, -0.2) is 4.98 Å². The van der Waals surface area contributed by atoms with Gasteiger partial charge in [0.25, 0.3) is 0 Å². The summed E-state index contributed by atoms with van der Waals surface area (Å²) < 4.78 is 11.4. The van der Waals surface area contributed by atoms with Crippen molar-refractivity contribution >= 4 is 27.5 Å². The first-order valence-electron chi connectivity index (χ1n) is 6.18. The third-order valence-corrected chi connectivity index (χ3v) is 3.47. The van der Waals surface area contributed by atoms with Crippen LogP contribution in [-0.2, 0) is 0 Å². The molecule has 5 nitrogen and oxygen atoms in total. The smallest absolute Gasteiger partial charge is 0.233 e. The Morgan fingerprint density at radius 1 is 1.15 bits per heavy atom. The number of fused-ring (bicyclic) bond motifs is 1. The van der Waals surface area contributed by atoms with E-state index in [-0.39, 0.29) is 5.95 Å². The van der Waals surface area contributed by atoms with Crippen LogP contribution in [0.1, 0.15) is 6.92 Å². The van der Waals surface area contributed by atoms with Crippen LogP contribution < -0.4 is 15.2 Å². The number of nitrogens with zero attached hydrogens (tertiary/aromatic N) is 2. The number of thiophene rings is 1. The Balaban J connectivity index is 2.03. The zero-order valence-corrected chi connectivity index (χ0v) is 11.7. The molecule has 1 aromatic carbocycles. The number of anilines is 1. The fourth-order valence-corrected chi connectivity index (χ4v) is 2.60. The van der Waals surface area contributed by atoms with E-state index >= 15 is 0 Å². The second-order valence-electron chi connectivity index (χ2n) is 4.01. The van der Waals surface area contributed by atoms with Crippen LogP contribution in [0.2, 0.25) is 0 Å². The fourth-order valence-electron chi connectivity index (χ4n) is 1.84. The summed E-state index contributed by atoms with van der Waals surface area (Å²) in [6.07, 6.45) is 0. The number of benzene rings is 1. The number of rotatable bonds is 4. The highest BCUT2D eigenvalue weighted by atomic mass is 32.1. The summed E-state index contributed by atoms with van der Waals surface area (Å²) in [5, 5.41) is 2.77. The molecule has 0 spiro atoms. The van der Waals surface area contributed by atoms with E-state index in [1.807, 2.05) is 42.6 Å². The van der Waals surface area contributed by atoms with Crippen molar-refractivity contribution in [3.63, 3.8) is 0 Å². The second kappa shape index (κ2) is 5.34. The molecule has 0 radical (unpaired) electrons. The zero-order valence-electron chi connectivity index (χ0n) is 10.9. The van der Waals surface area contributed by atoms with E-state index in [2.05, 4.69) is 9.97 Å². The van der Waals surface area contributed by atoms with Crippen LogP contribution >= 0.6 is 11.3 Å². The summed E-state index contributed by atoms with van der Waals surface area (Å²) in [6, 6.07) is 9.38. The van der Waals surface area contributed by atoms with Gasteiger partial charge in [0, 0.05) is 0 Å². The Bertz CT molecular complexity index is 742. The average molecular weight is 287 g/mol. The Kier molecular flexibility index (Phi) is 3.39. The first-order chi connectivity index (χ1) is 9.78. The summed E-state index contributed by atoms with van der Waals surface area (Å²) in [5.41, 5.74) is 5.71. The number of hydrogen-bond donors (Lipinski definition) is 1. The lowest BCUT2D eigenvalue weighted by molar-refractivity contribution is 0.320. The van der Waals surface area contributed by atoms with Gasteiger partial charge in [-0.15, -0.1) is 11.3 Å². The first kappa shape index (κ1) is 12.7. The molecule has 0 bridgehead atoms. The van der Waals surface area contributed by atoms with Crippen LogP contribution in [-0.4, -0.2) is 16.6 Å². The molecular weight excluding hydrogens is 274 g/mol. The van der Waals surface area contributed by atoms with Gasteiger partial charge in [0.2, 0.25) is 11.8 Å². The first-order valence-corrected chi connectivity index (χ1v) is 7.06. The van der Waals surface area contributed by atoms with Crippen LogP contribution in [0.5, 0.6) is 17.4 Å². The van der Waals surface area contributed by atoms with E-state index < -0.39 is 0 Å². The van der Waals surface area contributed by atoms with Crippen molar-refractivity contribution in [1.82, 2.24) is 9.97 Å².